The number of hydrogen-bond acceptors (Lipinski definition) is 4. The highest BCUT2D eigenvalue weighted by Crippen LogP contribution is 2.24. The summed E-state index contributed by atoms with van der Waals surface area (Å²) in [7, 11) is 0. The Kier molecular flexibility index (Phi) is 6.22. The molecule has 7 nitrogen and oxygen atoms in total. The van der Waals surface area contributed by atoms with E-state index in [0.29, 0.717) is 24.2 Å². The second kappa shape index (κ2) is 9.77. The van der Waals surface area contributed by atoms with Crippen LogP contribution in [0, 0.1) is 6.92 Å². The summed E-state index contributed by atoms with van der Waals surface area (Å²) < 4.78 is 3.12. The normalized spacial score (nSPS) is 11.0. The summed E-state index contributed by atoms with van der Waals surface area (Å²) in [6.07, 6.45) is 3.71. The quantitative estimate of drug-likeness (QED) is 0.397. The molecule has 7 heteroatoms. The van der Waals surface area contributed by atoms with Gasteiger partial charge in [-0.05, 0) is 41.3 Å². The first-order valence-corrected chi connectivity index (χ1v) is 11.5. The maximum atomic E-state index is 12.8. The number of carbonyl (C=O) groups excluding carboxylic acids is 1. The molecule has 0 radical (unpaired) electrons. The topological polar surface area (TPSA) is 81.8 Å². The van der Waals surface area contributed by atoms with E-state index in [1.807, 2.05) is 66.3 Å². The Morgan fingerprint density at radius 1 is 0.914 bits per heavy atom. The monoisotopic (exact) mass is 463 g/mol. The fourth-order valence-corrected chi connectivity index (χ4v) is 4.22. The molecule has 0 saturated heterocycles. The number of amides is 1. The van der Waals surface area contributed by atoms with E-state index in [0.717, 1.165) is 27.6 Å². The van der Waals surface area contributed by atoms with E-state index < -0.39 is 0 Å². The van der Waals surface area contributed by atoms with Gasteiger partial charge in [-0.2, -0.15) is 10.2 Å². The minimum atomic E-state index is -0.267. The van der Waals surface area contributed by atoms with Crippen LogP contribution in [0.25, 0.3) is 21.9 Å². The van der Waals surface area contributed by atoms with Crippen molar-refractivity contribution < 1.29 is 4.79 Å². The van der Waals surface area contributed by atoms with Crippen molar-refractivity contribution in [3.8, 4) is 11.1 Å². The Balaban J connectivity index is 1.29. The van der Waals surface area contributed by atoms with Crippen LogP contribution in [0.2, 0.25) is 0 Å². The summed E-state index contributed by atoms with van der Waals surface area (Å²) in [4.78, 5) is 25.5. The second-order valence-electron chi connectivity index (χ2n) is 8.43. The molecule has 1 N–H and O–H groups in total. The maximum Gasteiger partial charge on any atom is 0.275 e. The van der Waals surface area contributed by atoms with Crippen LogP contribution in [0.15, 0.2) is 96.1 Å². The van der Waals surface area contributed by atoms with Crippen LogP contribution < -0.4 is 10.9 Å². The van der Waals surface area contributed by atoms with Crippen LogP contribution in [-0.2, 0) is 24.4 Å². The van der Waals surface area contributed by atoms with Crippen molar-refractivity contribution in [2.75, 3.05) is 0 Å². The van der Waals surface area contributed by atoms with Gasteiger partial charge in [0.2, 0.25) is 5.91 Å². The fraction of sp³-hybridized carbons (Fsp3) is 0.143. The van der Waals surface area contributed by atoms with Gasteiger partial charge in [0.15, 0.2) is 0 Å². The minimum Gasteiger partial charge on any atom is -0.350 e. The Morgan fingerprint density at radius 2 is 1.66 bits per heavy atom. The zero-order valence-corrected chi connectivity index (χ0v) is 19.4. The lowest BCUT2D eigenvalue weighted by molar-refractivity contribution is -0.122. The van der Waals surface area contributed by atoms with Crippen LogP contribution in [-0.4, -0.2) is 25.5 Å². The van der Waals surface area contributed by atoms with Crippen molar-refractivity contribution in [2.45, 2.75) is 26.6 Å². The van der Waals surface area contributed by atoms with Gasteiger partial charge in [0, 0.05) is 24.3 Å². The summed E-state index contributed by atoms with van der Waals surface area (Å²) in [6, 6.07) is 25.6. The smallest absolute Gasteiger partial charge is 0.275 e. The molecule has 5 aromatic rings. The highest BCUT2D eigenvalue weighted by molar-refractivity contribution is 5.83. The lowest BCUT2D eigenvalue weighted by Gasteiger charge is -2.13. The number of nitrogens with zero attached hydrogens (tertiary/aromatic N) is 4. The van der Waals surface area contributed by atoms with Gasteiger partial charge in [0.1, 0.15) is 6.54 Å². The molecule has 1 amide bonds. The number of hydrogen-bond donors (Lipinski definition) is 1. The van der Waals surface area contributed by atoms with E-state index in [1.54, 1.807) is 12.3 Å². The van der Waals surface area contributed by atoms with Gasteiger partial charge in [-0.3, -0.25) is 14.3 Å². The van der Waals surface area contributed by atoms with E-state index in [2.05, 4.69) is 39.8 Å². The first kappa shape index (κ1) is 22.3. The first-order chi connectivity index (χ1) is 17.1. The lowest BCUT2D eigenvalue weighted by atomic mass is 9.98. The largest absolute Gasteiger partial charge is 0.350 e. The summed E-state index contributed by atoms with van der Waals surface area (Å²) in [5.74, 6) is -0.265. The molecular formula is C28H25N5O2. The second-order valence-corrected chi connectivity index (χ2v) is 8.43. The zero-order chi connectivity index (χ0) is 24.2. The Labute approximate surface area is 202 Å². The molecule has 0 saturated carbocycles. The summed E-state index contributed by atoms with van der Waals surface area (Å²) >= 11 is 0. The summed E-state index contributed by atoms with van der Waals surface area (Å²) in [5.41, 5.74) is 4.73. The molecule has 2 heterocycles. The first-order valence-electron chi connectivity index (χ1n) is 11.5. The molecule has 35 heavy (non-hydrogen) atoms. The Bertz CT molecular complexity index is 1540. The molecule has 0 atom stereocenters. The standard InChI is InChI=1S/C28H25N5O2/c1-20-24-8-4-5-10-26(24)28(35)33(31-20)19-27(34)29-17-23-7-2-3-9-25(23)22-13-11-21(12-14-22)18-32-16-6-15-30-32/h2-16H,17-19H2,1H3,(H,29,34). The van der Waals surface area contributed by atoms with Gasteiger partial charge in [-0.15, -0.1) is 0 Å². The van der Waals surface area contributed by atoms with Gasteiger partial charge in [0.05, 0.1) is 17.6 Å². The van der Waals surface area contributed by atoms with Gasteiger partial charge in [0.25, 0.3) is 5.56 Å². The van der Waals surface area contributed by atoms with E-state index in [1.165, 1.54) is 4.68 Å². The van der Waals surface area contributed by atoms with Crippen molar-refractivity contribution in [3.05, 3.63) is 118 Å². The number of nitrogens with one attached hydrogen (secondary N) is 1. The van der Waals surface area contributed by atoms with Crippen LogP contribution in [0.1, 0.15) is 16.8 Å². The number of fused-ring (bicyclic) bond motifs is 1. The van der Waals surface area contributed by atoms with Crippen molar-refractivity contribution in [2.24, 2.45) is 0 Å². The minimum absolute atomic E-state index is 0.130. The number of benzene rings is 3. The van der Waals surface area contributed by atoms with Crippen molar-refractivity contribution in [1.82, 2.24) is 24.9 Å². The van der Waals surface area contributed by atoms with Crippen LogP contribution in [0.5, 0.6) is 0 Å². The maximum absolute atomic E-state index is 12.8. The fourth-order valence-electron chi connectivity index (χ4n) is 4.22. The highest BCUT2D eigenvalue weighted by atomic mass is 16.2. The molecular weight excluding hydrogens is 438 g/mol. The number of rotatable bonds is 7. The number of aromatic nitrogens is 4. The number of carbonyl (C=O) groups is 1. The molecule has 0 fully saturated rings. The van der Waals surface area contributed by atoms with Crippen molar-refractivity contribution in [1.29, 1.82) is 0 Å². The zero-order valence-electron chi connectivity index (χ0n) is 19.4. The molecule has 0 bridgehead atoms. The van der Waals surface area contributed by atoms with E-state index in [9.17, 15) is 9.59 Å². The highest BCUT2D eigenvalue weighted by Gasteiger charge is 2.12. The van der Waals surface area contributed by atoms with Crippen LogP contribution in [0.4, 0.5) is 0 Å². The molecule has 0 aliphatic carbocycles. The van der Waals surface area contributed by atoms with Crippen LogP contribution >= 0.6 is 0 Å². The molecule has 0 spiro atoms. The van der Waals surface area contributed by atoms with E-state index in [4.69, 9.17) is 0 Å². The molecule has 0 unspecified atom stereocenters. The summed E-state index contributed by atoms with van der Waals surface area (Å²) in [6.45, 7) is 2.78. The SMILES string of the molecule is Cc1nn(CC(=O)NCc2ccccc2-c2ccc(Cn3cccn3)cc2)c(=O)c2ccccc12. The summed E-state index contributed by atoms with van der Waals surface area (Å²) in [5, 5.41) is 12.9. The molecule has 0 aliphatic rings. The van der Waals surface area contributed by atoms with E-state index in [-0.39, 0.29) is 18.0 Å². The third-order valence-electron chi connectivity index (χ3n) is 6.01. The van der Waals surface area contributed by atoms with Crippen molar-refractivity contribution in [3.63, 3.8) is 0 Å². The predicted molar refractivity (Wildman–Crippen MR) is 136 cm³/mol. The van der Waals surface area contributed by atoms with Crippen molar-refractivity contribution >= 4 is 16.7 Å². The van der Waals surface area contributed by atoms with Gasteiger partial charge < -0.3 is 5.32 Å². The van der Waals surface area contributed by atoms with Gasteiger partial charge in [-0.25, -0.2) is 4.68 Å². The Hall–Kier alpha value is -4.52. The van der Waals surface area contributed by atoms with E-state index >= 15 is 0 Å². The molecule has 3 aromatic carbocycles. The third-order valence-corrected chi connectivity index (χ3v) is 6.01. The van der Waals surface area contributed by atoms with Gasteiger partial charge in [-0.1, -0.05) is 66.7 Å². The van der Waals surface area contributed by atoms with Gasteiger partial charge >= 0.3 is 0 Å². The molecule has 174 valence electrons. The molecule has 5 rings (SSSR count). The molecule has 0 aliphatic heterocycles. The lowest BCUT2D eigenvalue weighted by Crippen LogP contribution is -2.34. The molecule has 2 aromatic heterocycles. The average Bonchev–Trinajstić information content (AvgIpc) is 3.40. The third kappa shape index (κ3) is 4.89. The predicted octanol–water partition coefficient (Wildman–Crippen LogP) is 3.93. The Morgan fingerprint density at radius 3 is 2.43 bits per heavy atom. The number of aryl methyl sites for hydroxylation is 1. The van der Waals surface area contributed by atoms with Crippen LogP contribution in [0.3, 0.4) is 0 Å². The average molecular weight is 464 g/mol.